The molecule has 0 spiro atoms. The summed E-state index contributed by atoms with van der Waals surface area (Å²) in [6, 6.07) is 3.31. The van der Waals surface area contributed by atoms with Gasteiger partial charge in [-0.25, -0.2) is 8.78 Å². The van der Waals surface area contributed by atoms with E-state index in [2.05, 4.69) is 5.32 Å². The largest absolute Gasteiger partial charge is 0.356 e. The molecule has 0 heterocycles. The molecule has 1 aromatic rings. The Labute approximate surface area is 92.6 Å². The van der Waals surface area contributed by atoms with E-state index in [4.69, 9.17) is 5.73 Å². The van der Waals surface area contributed by atoms with E-state index in [1.807, 2.05) is 0 Å². The molecule has 3 N–H and O–H groups in total. The van der Waals surface area contributed by atoms with E-state index in [0.29, 0.717) is 25.1 Å². The van der Waals surface area contributed by atoms with Crippen LogP contribution in [-0.4, -0.2) is 19.0 Å². The minimum absolute atomic E-state index is 0.153. The zero-order valence-corrected chi connectivity index (χ0v) is 8.80. The summed E-state index contributed by atoms with van der Waals surface area (Å²) < 4.78 is 25.6. The average Bonchev–Trinajstić information content (AvgIpc) is 2.16. The number of amides is 1. The van der Waals surface area contributed by atoms with Crippen molar-refractivity contribution in [3.8, 4) is 0 Å². The normalized spacial score (nSPS) is 10.2. The molecule has 88 valence electrons. The monoisotopic (exact) mass is 228 g/mol. The number of benzene rings is 1. The smallest absolute Gasteiger partial charge is 0.221 e. The summed E-state index contributed by atoms with van der Waals surface area (Å²) in [7, 11) is 0. The Morgan fingerprint density at radius 3 is 2.44 bits per heavy atom. The molecule has 1 amide bonds. The number of rotatable bonds is 5. The fraction of sp³-hybridized carbons (Fsp3) is 0.364. The quantitative estimate of drug-likeness (QED) is 0.789. The van der Waals surface area contributed by atoms with Gasteiger partial charge in [0.05, 0.1) is 0 Å². The van der Waals surface area contributed by atoms with Crippen molar-refractivity contribution in [1.29, 1.82) is 0 Å². The number of halogens is 2. The Hall–Kier alpha value is -1.49. The minimum Gasteiger partial charge on any atom is -0.356 e. The van der Waals surface area contributed by atoms with E-state index in [-0.39, 0.29) is 12.3 Å². The molecule has 0 saturated heterocycles. The Morgan fingerprint density at radius 1 is 1.25 bits per heavy atom. The first kappa shape index (κ1) is 12.6. The topological polar surface area (TPSA) is 55.1 Å². The van der Waals surface area contributed by atoms with Gasteiger partial charge >= 0.3 is 0 Å². The first-order chi connectivity index (χ1) is 7.61. The summed E-state index contributed by atoms with van der Waals surface area (Å²) >= 11 is 0. The lowest BCUT2D eigenvalue weighted by molar-refractivity contribution is -0.120. The highest BCUT2D eigenvalue weighted by Crippen LogP contribution is 2.07. The highest BCUT2D eigenvalue weighted by molar-refractivity contribution is 5.75. The molecule has 0 aliphatic heterocycles. The van der Waals surface area contributed by atoms with Gasteiger partial charge in [-0.2, -0.15) is 0 Å². The van der Waals surface area contributed by atoms with Crippen LogP contribution in [0.3, 0.4) is 0 Å². The van der Waals surface area contributed by atoms with Crippen molar-refractivity contribution in [2.75, 3.05) is 13.1 Å². The summed E-state index contributed by atoms with van der Waals surface area (Å²) in [5, 5.41) is 2.61. The predicted octanol–water partition coefficient (Wildman–Crippen LogP) is 0.972. The molecule has 0 atom stereocenters. The zero-order valence-electron chi connectivity index (χ0n) is 8.80. The lowest BCUT2D eigenvalue weighted by Crippen LogP contribution is -2.27. The van der Waals surface area contributed by atoms with Gasteiger partial charge in [-0.3, -0.25) is 4.79 Å². The third kappa shape index (κ3) is 4.35. The second-order valence-corrected chi connectivity index (χ2v) is 3.42. The standard InChI is InChI=1S/C11H14F2N2O/c12-9-5-8(6-10(13)7-9)2-4-15-11(16)1-3-14/h5-7H,1-4,14H2,(H,15,16). The van der Waals surface area contributed by atoms with Crippen LogP contribution in [0.4, 0.5) is 8.78 Å². The van der Waals surface area contributed by atoms with Crippen LogP contribution >= 0.6 is 0 Å². The van der Waals surface area contributed by atoms with Crippen LogP contribution in [-0.2, 0) is 11.2 Å². The third-order valence-electron chi connectivity index (χ3n) is 2.03. The Kier molecular flexibility index (Phi) is 4.85. The maximum absolute atomic E-state index is 12.8. The van der Waals surface area contributed by atoms with Gasteiger partial charge in [-0.15, -0.1) is 0 Å². The van der Waals surface area contributed by atoms with Crippen LogP contribution in [0, 0.1) is 11.6 Å². The van der Waals surface area contributed by atoms with Gasteiger partial charge in [0.25, 0.3) is 0 Å². The number of carbonyl (C=O) groups excluding carboxylic acids is 1. The lowest BCUT2D eigenvalue weighted by atomic mass is 10.1. The molecule has 0 bridgehead atoms. The summed E-state index contributed by atoms with van der Waals surface area (Å²) in [6.07, 6.45) is 0.655. The molecule has 0 radical (unpaired) electrons. The van der Waals surface area contributed by atoms with Crippen molar-refractivity contribution in [2.24, 2.45) is 5.73 Å². The van der Waals surface area contributed by atoms with Gasteiger partial charge in [-0.1, -0.05) is 0 Å². The Balaban J connectivity index is 2.40. The molecule has 0 saturated carbocycles. The SMILES string of the molecule is NCCC(=O)NCCc1cc(F)cc(F)c1. The van der Waals surface area contributed by atoms with Crippen LogP contribution in [0.2, 0.25) is 0 Å². The molecule has 0 aliphatic rings. The summed E-state index contributed by atoms with van der Waals surface area (Å²) in [4.78, 5) is 11.0. The number of nitrogens with one attached hydrogen (secondary N) is 1. The van der Waals surface area contributed by atoms with E-state index in [9.17, 15) is 13.6 Å². The average molecular weight is 228 g/mol. The van der Waals surface area contributed by atoms with Crippen molar-refractivity contribution in [3.63, 3.8) is 0 Å². The fourth-order valence-electron chi connectivity index (χ4n) is 1.32. The molecule has 0 unspecified atom stereocenters. The van der Waals surface area contributed by atoms with Crippen molar-refractivity contribution in [2.45, 2.75) is 12.8 Å². The van der Waals surface area contributed by atoms with Gasteiger partial charge in [0.2, 0.25) is 5.91 Å². The van der Waals surface area contributed by atoms with Crippen LogP contribution in [0.1, 0.15) is 12.0 Å². The summed E-state index contributed by atoms with van der Waals surface area (Å²) in [6.45, 7) is 0.641. The van der Waals surface area contributed by atoms with E-state index in [0.717, 1.165) is 6.07 Å². The molecule has 0 aromatic heterocycles. The van der Waals surface area contributed by atoms with Gasteiger partial charge in [0.1, 0.15) is 11.6 Å². The molecule has 0 fully saturated rings. The molecule has 1 rings (SSSR count). The number of hydrogen-bond acceptors (Lipinski definition) is 2. The first-order valence-corrected chi connectivity index (χ1v) is 5.03. The molecular formula is C11H14F2N2O. The predicted molar refractivity (Wildman–Crippen MR) is 56.7 cm³/mol. The zero-order chi connectivity index (χ0) is 12.0. The minimum atomic E-state index is -0.608. The van der Waals surface area contributed by atoms with Crippen molar-refractivity contribution >= 4 is 5.91 Å². The van der Waals surface area contributed by atoms with Gasteiger partial charge in [0.15, 0.2) is 0 Å². The van der Waals surface area contributed by atoms with Gasteiger partial charge in [-0.05, 0) is 24.1 Å². The van der Waals surface area contributed by atoms with Crippen molar-refractivity contribution in [1.82, 2.24) is 5.32 Å². The van der Waals surface area contributed by atoms with Gasteiger partial charge in [0, 0.05) is 25.6 Å². The second kappa shape index (κ2) is 6.17. The van der Waals surface area contributed by atoms with Crippen molar-refractivity contribution in [3.05, 3.63) is 35.4 Å². The third-order valence-corrected chi connectivity index (χ3v) is 2.03. The molecule has 0 aliphatic carbocycles. The maximum atomic E-state index is 12.8. The fourth-order valence-corrected chi connectivity index (χ4v) is 1.32. The molecule has 1 aromatic carbocycles. The highest BCUT2D eigenvalue weighted by Gasteiger charge is 2.02. The van der Waals surface area contributed by atoms with E-state index >= 15 is 0 Å². The van der Waals surface area contributed by atoms with Gasteiger partial charge < -0.3 is 11.1 Å². The van der Waals surface area contributed by atoms with Crippen LogP contribution in [0.5, 0.6) is 0 Å². The Morgan fingerprint density at radius 2 is 1.88 bits per heavy atom. The Bertz CT molecular complexity index is 349. The highest BCUT2D eigenvalue weighted by atomic mass is 19.1. The van der Waals surface area contributed by atoms with Crippen LogP contribution in [0.15, 0.2) is 18.2 Å². The maximum Gasteiger partial charge on any atom is 0.221 e. The van der Waals surface area contributed by atoms with Crippen LogP contribution < -0.4 is 11.1 Å². The van der Waals surface area contributed by atoms with E-state index in [1.165, 1.54) is 12.1 Å². The summed E-state index contributed by atoms with van der Waals surface area (Å²) in [5.74, 6) is -1.37. The number of nitrogens with two attached hydrogens (primary N) is 1. The summed E-state index contributed by atoms with van der Waals surface area (Å²) in [5.41, 5.74) is 5.71. The molecular weight excluding hydrogens is 214 g/mol. The van der Waals surface area contributed by atoms with E-state index in [1.54, 1.807) is 0 Å². The first-order valence-electron chi connectivity index (χ1n) is 5.03. The number of carbonyl (C=O) groups is 1. The second-order valence-electron chi connectivity index (χ2n) is 3.42. The molecule has 5 heteroatoms. The molecule has 16 heavy (non-hydrogen) atoms. The van der Waals surface area contributed by atoms with Crippen LogP contribution in [0.25, 0.3) is 0 Å². The van der Waals surface area contributed by atoms with E-state index < -0.39 is 11.6 Å². The van der Waals surface area contributed by atoms with Crippen molar-refractivity contribution < 1.29 is 13.6 Å². The number of hydrogen-bond donors (Lipinski definition) is 2. The molecule has 3 nitrogen and oxygen atoms in total. The lowest BCUT2D eigenvalue weighted by Gasteiger charge is -2.04.